The standard InChI is InChI=1S/C22H16N4O2/c23-14-18-19(17-4-2-1-3-5-17)20(22(28)25-21(18)27)26-12-8-16(9-13-26)15-6-10-24-11-7-15/h1-13,19-20,23H/p+1. The molecule has 1 aromatic carbocycles. The summed E-state index contributed by atoms with van der Waals surface area (Å²) in [5.41, 5.74) is 2.94. The van der Waals surface area contributed by atoms with Gasteiger partial charge in [-0.05, 0) is 34.7 Å². The first kappa shape index (κ1) is 17.5. The van der Waals surface area contributed by atoms with Gasteiger partial charge in [0, 0.05) is 24.5 Å². The topological polar surface area (TPSA) is 86.8 Å². The largest absolute Gasteiger partial charge is 0.296 e. The minimum atomic E-state index is -0.695. The number of nitrogens with zero attached hydrogens (tertiary/aromatic N) is 2. The predicted octanol–water partition coefficient (Wildman–Crippen LogP) is 2.19. The number of carbonyl (C=O) groups excluding carboxylic acids is 2. The maximum atomic E-state index is 12.7. The summed E-state index contributed by atoms with van der Waals surface area (Å²) in [4.78, 5) is 29.0. The van der Waals surface area contributed by atoms with E-state index in [1.165, 1.54) is 0 Å². The number of pyridine rings is 2. The van der Waals surface area contributed by atoms with Gasteiger partial charge < -0.3 is 0 Å². The quantitative estimate of drug-likeness (QED) is 0.321. The molecule has 1 aliphatic heterocycles. The van der Waals surface area contributed by atoms with E-state index in [2.05, 4.69) is 16.2 Å². The van der Waals surface area contributed by atoms with E-state index in [1.54, 1.807) is 17.0 Å². The zero-order chi connectivity index (χ0) is 19.5. The average molecular weight is 369 g/mol. The van der Waals surface area contributed by atoms with Crippen molar-refractivity contribution in [3.05, 3.63) is 90.5 Å². The number of imide groups is 1. The molecule has 0 spiro atoms. The summed E-state index contributed by atoms with van der Waals surface area (Å²) in [5, 5.41) is 9.95. The SMILES string of the molecule is N=C=C1C(=O)NC(=O)C([n+]2ccc(-c3ccncc3)cc2)C1c1ccccc1. The number of piperidine rings is 1. The molecule has 28 heavy (non-hydrogen) atoms. The van der Waals surface area contributed by atoms with Crippen molar-refractivity contribution in [3.8, 4) is 11.1 Å². The Morgan fingerprint density at radius 1 is 0.929 bits per heavy atom. The highest BCUT2D eigenvalue weighted by Gasteiger charge is 2.47. The van der Waals surface area contributed by atoms with Crippen LogP contribution in [-0.2, 0) is 9.59 Å². The van der Waals surface area contributed by atoms with Crippen LogP contribution >= 0.6 is 0 Å². The lowest BCUT2D eigenvalue weighted by Gasteiger charge is -2.27. The van der Waals surface area contributed by atoms with Gasteiger partial charge in [0.15, 0.2) is 12.4 Å². The zero-order valence-corrected chi connectivity index (χ0v) is 14.9. The van der Waals surface area contributed by atoms with Gasteiger partial charge in [0.05, 0.1) is 11.5 Å². The van der Waals surface area contributed by atoms with E-state index in [4.69, 9.17) is 5.41 Å². The molecule has 3 aromatic rings. The van der Waals surface area contributed by atoms with Crippen LogP contribution in [0, 0.1) is 5.41 Å². The molecule has 136 valence electrons. The summed E-state index contributed by atoms with van der Waals surface area (Å²) in [6.45, 7) is 0. The van der Waals surface area contributed by atoms with Gasteiger partial charge in [-0.25, -0.2) is 0 Å². The first-order valence-electron chi connectivity index (χ1n) is 8.80. The van der Waals surface area contributed by atoms with Crippen LogP contribution in [0.2, 0.25) is 0 Å². The van der Waals surface area contributed by atoms with Crippen LogP contribution in [0.3, 0.4) is 0 Å². The number of benzene rings is 1. The highest BCUT2D eigenvalue weighted by atomic mass is 16.2. The van der Waals surface area contributed by atoms with Crippen LogP contribution < -0.4 is 9.88 Å². The molecule has 0 aliphatic carbocycles. The molecule has 6 nitrogen and oxygen atoms in total. The Labute approximate surface area is 161 Å². The maximum Gasteiger partial charge on any atom is 0.296 e. The van der Waals surface area contributed by atoms with Gasteiger partial charge in [0.25, 0.3) is 11.8 Å². The van der Waals surface area contributed by atoms with E-state index in [-0.39, 0.29) is 5.57 Å². The number of hydrogen-bond acceptors (Lipinski definition) is 4. The minimum absolute atomic E-state index is 0.140. The Hall–Kier alpha value is -3.89. The second kappa shape index (κ2) is 7.39. The molecule has 0 bridgehead atoms. The molecule has 4 rings (SSSR count). The van der Waals surface area contributed by atoms with Crippen molar-refractivity contribution in [3.63, 3.8) is 0 Å². The molecule has 2 unspecified atom stereocenters. The summed E-state index contributed by atoms with van der Waals surface area (Å²) in [5.74, 6) is 0.682. The third-order valence-corrected chi connectivity index (χ3v) is 4.86. The van der Waals surface area contributed by atoms with Crippen molar-refractivity contribution in [2.24, 2.45) is 0 Å². The lowest BCUT2D eigenvalue weighted by Crippen LogP contribution is -2.57. The molecule has 2 amide bonds. The number of carbonyl (C=O) groups is 2. The van der Waals surface area contributed by atoms with Crippen molar-refractivity contribution in [1.82, 2.24) is 10.3 Å². The summed E-state index contributed by atoms with van der Waals surface area (Å²) in [6, 6.07) is 16.2. The second-order valence-electron chi connectivity index (χ2n) is 6.46. The first-order valence-corrected chi connectivity index (χ1v) is 8.80. The lowest BCUT2D eigenvalue weighted by atomic mass is 9.81. The Balaban J connectivity index is 1.78. The Bertz CT molecular complexity index is 1070. The molecule has 2 atom stereocenters. The summed E-state index contributed by atoms with van der Waals surface area (Å²) in [7, 11) is 0. The Morgan fingerprint density at radius 3 is 2.21 bits per heavy atom. The summed E-state index contributed by atoms with van der Waals surface area (Å²) < 4.78 is 1.77. The Morgan fingerprint density at radius 2 is 1.57 bits per heavy atom. The number of hydrogen-bond donors (Lipinski definition) is 2. The minimum Gasteiger partial charge on any atom is -0.286 e. The molecule has 6 heteroatoms. The Kier molecular flexibility index (Phi) is 4.62. The summed E-state index contributed by atoms with van der Waals surface area (Å²) >= 11 is 0. The van der Waals surface area contributed by atoms with Crippen molar-refractivity contribution in [1.29, 1.82) is 5.41 Å². The first-order chi connectivity index (χ1) is 13.7. The normalized spacial score (nSPS) is 19.1. The van der Waals surface area contributed by atoms with Crippen LogP contribution in [0.4, 0.5) is 0 Å². The van der Waals surface area contributed by atoms with Crippen LogP contribution in [0.15, 0.2) is 85.0 Å². The van der Waals surface area contributed by atoms with Gasteiger partial charge in [0.2, 0.25) is 6.04 Å². The van der Waals surface area contributed by atoms with E-state index < -0.39 is 23.8 Å². The number of nitrogens with one attached hydrogen (secondary N) is 2. The van der Waals surface area contributed by atoms with Crippen molar-refractivity contribution in [2.75, 3.05) is 0 Å². The fourth-order valence-corrected chi connectivity index (χ4v) is 3.52. The monoisotopic (exact) mass is 369 g/mol. The van der Waals surface area contributed by atoms with Crippen molar-refractivity contribution < 1.29 is 14.2 Å². The van der Waals surface area contributed by atoms with Crippen LogP contribution in [0.1, 0.15) is 17.5 Å². The fraction of sp³-hybridized carbons (Fsp3) is 0.0909. The molecule has 1 aliphatic rings. The van der Waals surface area contributed by atoms with Gasteiger partial charge in [-0.2, -0.15) is 4.57 Å². The smallest absolute Gasteiger partial charge is 0.286 e. The van der Waals surface area contributed by atoms with E-state index in [0.29, 0.717) is 0 Å². The molecule has 3 heterocycles. The van der Waals surface area contributed by atoms with Gasteiger partial charge in [0.1, 0.15) is 0 Å². The average Bonchev–Trinajstić information content (AvgIpc) is 2.75. The third-order valence-electron chi connectivity index (χ3n) is 4.86. The number of amides is 2. The lowest BCUT2D eigenvalue weighted by molar-refractivity contribution is -0.711. The highest BCUT2D eigenvalue weighted by Crippen LogP contribution is 2.34. The molecule has 0 saturated carbocycles. The molecule has 0 radical (unpaired) electrons. The highest BCUT2D eigenvalue weighted by molar-refractivity contribution is 6.13. The van der Waals surface area contributed by atoms with E-state index in [9.17, 15) is 9.59 Å². The maximum absolute atomic E-state index is 12.7. The second-order valence-corrected chi connectivity index (χ2v) is 6.46. The molecular formula is C22H17N4O2+. The zero-order valence-electron chi connectivity index (χ0n) is 14.9. The van der Waals surface area contributed by atoms with Gasteiger partial charge in [-0.15, -0.1) is 0 Å². The van der Waals surface area contributed by atoms with Gasteiger partial charge in [-0.3, -0.25) is 25.3 Å². The van der Waals surface area contributed by atoms with Crippen LogP contribution in [0.5, 0.6) is 0 Å². The molecule has 1 saturated heterocycles. The van der Waals surface area contributed by atoms with E-state index in [0.717, 1.165) is 16.7 Å². The number of aromatic nitrogens is 2. The van der Waals surface area contributed by atoms with Gasteiger partial charge >= 0.3 is 0 Å². The van der Waals surface area contributed by atoms with E-state index in [1.807, 2.05) is 67.0 Å². The van der Waals surface area contributed by atoms with Crippen molar-refractivity contribution >= 4 is 17.7 Å². The molecule has 2 aromatic heterocycles. The van der Waals surface area contributed by atoms with Crippen LogP contribution in [0.25, 0.3) is 11.1 Å². The van der Waals surface area contributed by atoms with Crippen LogP contribution in [-0.4, -0.2) is 22.7 Å². The fourth-order valence-electron chi connectivity index (χ4n) is 3.52. The predicted molar refractivity (Wildman–Crippen MR) is 102 cm³/mol. The van der Waals surface area contributed by atoms with E-state index >= 15 is 0 Å². The third kappa shape index (κ3) is 3.13. The van der Waals surface area contributed by atoms with Gasteiger partial charge in [-0.1, -0.05) is 30.3 Å². The molecular weight excluding hydrogens is 352 g/mol. The van der Waals surface area contributed by atoms with Crippen molar-refractivity contribution in [2.45, 2.75) is 12.0 Å². The summed E-state index contributed by atoms with van der Waals surface area (Å²) in [6.07, 6.45) is 7.08. The number of rotatable bonds is 3. The molecule has 1 fully saturated rings. The molecule has 2 N–H and O–H groups in total.